The number of hydrazine groups is 1. The molecule has 5 N–H and O–H groups in total. The van der Waals surface area contributed by atoms with Crippen molar-refractivity contribution in [2.75, 3.05) is 18.5 Å². The Morgan fingerprint density at radius 2 is 2.00 bits per heavy atom. The molecule has 0 aromatic heterocycles. The van der Waals surface area contributed by atoms with Gasteiger partial charge in [0.1, 0.15) is 11.3 Å². The number of carbonyl (C=O) groups excluding carboxylic acids is 1. The highest BCUT2D eigenvalue weighted by atomic mass is 16.6. The maximum atomic E-state index is 12.3. The zero-order valence-electron chi connectivity index (χ0n) is 10.4. The van der Waals surface area contributed by atoms with Crippen molar-refractivity contribution in [1.29, 1.82) is 0 Å². The number of nitro groups is 1. The van der Waals surface area contributed by atoms with Crippen LogP contribution in [-0.4, -0.2) is 51.2 Å². The first-order valence-electron chi connectivity index (χ1n) is 5.85. The molecule has 9 nitrogen and oxygen atoms in total. The van der Waals surface area contributed by atoms with Crippen LogP contribution in [0.3, 0.4) is 0 Å². The van der Waals surface area contributed by atoms with Gasteiger partial charge in [-0.05, 0) is 12.1 Å². The molecule has 1 aromatic rings. The number of rotatable bonds is 3. The van der Waals surface area contributed by atoms with Gasteiger partial charge >= 0.3 is 5.69 Å². The average Bonchev–Trinajstić information content (AvgIpc) is 2.76. The van der Waals surface area contributed by atoms with Gasteiger partial charge in [-0.25, -0.2) is 0 Å². The van der Waals surface area contributed by atoms with Crippen molar-refractivity contribution in [3.63, 3.8) is 0 Å². The number of nitro benzene ring substituents is 1. The molecule has 1 heterocycles. The molecule has 0 radical (unpaired) electrons. The van der Waals surface area contributed by atoms with Gasteiger partial charge in [-0.15, -0.1) is 0 Å². The Bertz CT molecular complexity index is 540. The number of nitrogens with zero attached hydrogens (tertiary/aromatic N) is 2. The summed E-state index contributed by atoms with van der Waals surface area (Å²) in [5.74, 6) is 4.56. The van der Waals surface area contributed by atoms with E-state index in [1.54, 1.807) is 0 Å². The van der Waals surface area contributed by atoms with E-state index in [4.69, 9.17) is 5.84 Å². The van der Waals surface area contributed by atoms with Crippen LogP contribution < -0.4 is 11.3 Å². The van der Waals surface area contributed by atoms with Crippen molar-refractivity contribution in [1.82, 2.24) is 4.90 Å². The van der Waals surface area contributed by atoms with Gasteiger partial charge < -0.3 is 20.5 Å². The summed E-state index contributed by atoms with van der Waals surface area (Å²) >= 11 is 0. The number of nitrogen functional groups attached to an aromatic ring is 1. The summed E-state index contributed by atoms with van der Waals surface area (Å²) in [5.41, 5.74) is 1.60. The second-order valence-electron chi connectivity index (χ2n) is 4.45. The third kappa shape index (κ3) is 2.41. The Morgan fingerprint density at radius 1 is 1.40 bits per heavy atom. The number of carbonyl (C=O) groups is 1. The van der Waals surface area contributed by atoms with E-state index in [0.29, 0.717) is 0 Å². The van der Waals surface area contributed by atoms with Crippen LogP contribution in [0.2, 0.25) is 0 Å². The Labute approximate surface area is 113 Å². The molecule has 2 rings (SSSR count). The van der Waals surface area contributed by atoms with E-state index in [9.17, 15) is 25.1 Å². The highest BCUT2D eigenvalue weighted by molar-refractivity contribution is 6.00. The van der Waals surface area contributed by atoms with E-state index < -0.39 is 28.7 Å². The third-order valence-electron chi connectivity index (χ3n) is 3.15. The van der Waals surface area contributed by atoms with Crippen LogP contribution in [0.1, 0.15) is 10.4 Å². The number of aliphatic hydroxyl groups is 2. The summed E-state index contributed by atoms with van der Waals surface area (Å²) < 4.78 is 0. The Hall–Kier alpha value is -2.23. The average molecular weight is 282 g/mol. The van der Waals surface area contributed by atoms with E-state index >= 15 is 0 Å². The van der Waals surface area contributed by atoms with Gasteiger partial charge in [-0.3, -0.25) is 20.8 Å². The number of β-amino-alcohol motifs (C(OH)–C–C–N with tert-alkyl or cyclic N) is 2. The topological polar surface area (TPSA) is 142 Å². The number of nitrogens with one attached hydrogen (secondary N) is 1. The van der Waals surface area contributed by atoms with Crippen LogP contribution in [0.25, 0.3) is 0 Å². The lowest BCUT2D eigenvalue weighted by atomic mass is 10.1. The molecule has 1 saturated heterocycles. The van der Waals surface area contributed by atoms with E-state index in [1.165, 1.54) is 18.2 Å². The minimum absolute atomic E-state index is 0.0149. The van der Waals surface area contributed by atoms with Crippen molar-refractivity contribution in [3.05, 3.63) is 33.9 Å². The Balaban J connectivity index is 2.38. The summed E-state index contributed by atoms with van der Waals surface area (Å²) in [5, 5.41) is 30.0. The van der Waals surface area contributed by atoms with Crippen molar-refractivity contribution in [2.45, 2.75) is 12.2 Å². The fraction of sp³-hybridized carbons (Fsp3) is 0.364. The molecule has 1 aromatic carbocycles. The van der Waals surface area contributed by atoms with E-state index in [0.717, 1.165) is 4.90 Å². The number of hydrogen-bond donors (Lipinski definition) is 4. The first-order valence-corrected chi connectivity index (χ1v) is 5.85. The minimum atomic E-state index is -1.05. The molecule has 0 bridgehead atoms. The number of hydrogen-bond acceptors (Lipinski definition) is 7. The molecule has 2 unspecified atom stereocenters. The fourth-order valence-corrected chi connectivity index (χ4v) is 2.13. The lowest BCUT2D eigenvalue weighted by Gasteiger charge is -2.16. The molecule has 0 saturated carbocycles. The number of amides is 1. The van der Waals surface area contributed by atoms with Crippen molar-refractivity contribution in [3.8, 4) is 0 Å². The molecular formula is C11H14N4O5. The zero-order valence-corrected chi connectivity index (χ0v) is 10.4. The summed E-state index contributed by atoms with van der Waals surface area (Å²) in [4.78, 5) is 23.8. The zero-order chi connectivity index (χ0) is 14.9. The van der Waals surface area contributed by atoms with Crippen molar-refractivity contribution in [2.24, 2.45) is 5.84 Å². The lowest BCUT2D eigenvalue weighted by Crippen LogP contribution is -2.30. The van der Waals surface area contributed by atoms with Gasteiger partial charge in [0, 0.05) is 13.1 Å². The molecule has 1 aliphatic rings. The normalized spacial score (nSPS) is 21.9. The molecule has 9 heteroatoms. The summed E-state index contributed by atoms with van der Waals surface area (Å²) in [6, 6.07) is 4.14. The minimum Gasteiger partial charge on any atom is -0.388 e. The quantitative estimate of drug-likeness (QED) is 0.318. The highest BCUT2D eigenvalue weighted by Crippen LogP contribution is 2.29. The smallest absolute Gasteiger partial charge is 0.306 e. The first-order chi connectivity index (χ1) is 9.45. The molecule has 108 valence electrons. The van der Waals surface area contributed by atoms with Crippen LogP contribution in [0, 0.1) is 10.1 Å². The van der Waals surface area contributed by atoms with E-state index in [1.807, 2.05) is 0 Å². The largest absolute Gasteiger partial charge is 0.388 e. The number of nitrogens with two attached hydrogens (primary N) is 1. The van der Waals surface area contributed by atoms with Gasteiger partial charge in [-0.1, -0.05) is 6.07 Å². The summed E-state index contributed by atoms with van der Waals surface area (Å²) in [7, 11) is 0. The SMILES string of the molecule is NNc1cccc(C(=O)N2CC(O)C(O)C2)c1[N+](=O)[O-]. The maximum absolute atomic E-state index is 12.3. The monoisotopic (exact) mass is 282 g/mol. The van der Waals surface area contributed by atoms with Crippen molar-refractivity contribution < 1.29 is 19.9 Å². The number of aliphatic hydroxyl groups excluding tert-OH is 2. The Morgan fingerprint density at radius 3 is 2.50 bits per heavy atom. The van der Waals surface area contributed by atoms with Gasteiger partial charge in [0.25, 0.3) is 5.91 Å². The van der Waals surface area contributed by atoms with Crippen LogP contribution in [0.4, 0.5) is 11.4 Å². The lowest BCUT2D eigenvalue weighted by molar-refractivity contribution is -0.384. The molecule has 20 heavy (non-hydrogen) atoms. The Kier molecular flexibility index (Phi) is 3.84. The molecule has 1 fully saturated rings. The molecule has 2 atom stereocenters. The maximum Gasteiger partial charge on any atom is 0.306 e. The number of benzene rings is 1. The standard InChI is InChI=1S/C11H14N4O5/c12-13-7-3-1-2-6(10(7)15(19)20)11(18)14-4-8(16)9(17)5-14/h1-3,8-9,13,16-17H,4-5,12H2. The second-order valence-corrected chi connectivity index (χ2v) is 4.45. The first kappa shape index (κ1) is 14.2. The predicted molar refractivity (Wildman–Crippen MR) is 68.8 cm³/mol. The summed E-state index contributed by atoms with van der Waals surface area (Å²) in [6.07, 6.45) is -2.09. The van der Waals surface area contributed by atoms with Crippen LogP contribution >= 0.6 is 0 Å². The van der Waals surface area contributed by atoms with E-state index in [2.05, 4.69) is 5.43 Å². The third-order valence-corrected chi connectivity index (χ3v) is 3.15. The number of anilines is 1. The van der Waals surface area contributed by atoms with Gasteiger partial charge in [0.05, 0.1) is 17.1 Å². The fourth-order valence-electron chi connectivity index (χ4n) is 2.13. The molecule has 0 aliphatic carbocycles. The molecule has 1 aliphatic heterocycles. The summed E-state index contributed by atoms with van der Waals surface area (Å²) in [6.45, 7) is -0.144. The number of para-hydroxylation sites is 1. The van der Waals surface area contributed by atoms with Crippen LogP contribution in [0.15, 0.2) is 18.2 Å². The second kappa shape index (κ2) is 5.41. The molecule has 0 spiro atoms. The van der Waals surface area contributed by atoms with Gasteiger partial charge in [0.15, 0.2) is 0 Å². The van der Waals surface area contributed by atoms with Gasteiger partial charge in [0.2, 0.25) is 0 Å². The van der Waals surface area contributed by atoms with Crippen LogP contribution in [-0.2, 0) is 0 Å². The highest BCUT2D eigenvalue weighted by Gasteiger charge is 2.36. The van der Waals surface area contributed by atoms with Crippen molar-refractivity contribution >= 4 is 17.3 Å². The molecular weight excluding hydrogens is 268 g/mol. The van der Waals surface area contributed by atoms with Gasteiger partial charge in [-0.2, -0.15) is 0 Å². The molecule has 1 amide bonds. The van der Waals surface area contributed by atoms with Crippen LogP contribution in [0.5, 0.6) is 0 Å². The number of likely N-dealkylation sites (tertiary alicyclic amines) is 1. The van der Waals surface area contributed by atoms with E-state index in [-0.39, 0.29) is 24.3 Å². The predicted octanol–water partition coefficient (Wildman–Crippen LogP) is -0.942.